The number of carboxylic acids is 1. The number of hydrogen-bond donors (Lipinski definition) is 1. The summed E-state index contributed by atoms with van der Waals surface area (Å²) in [6.45, 7) is 6.27. The van der Waals surface area contributed by atoms with Crippen LogP contribution >= 0.6 is 11.8 Å². The van der Waals surface area contributed by atoms with E-state index in [1.54, 1.807) is 23.9 Å². The van der Waals surface area contributed by atoms with Crippen LogP contribution in [0, 0.1) is 20.8 Å². The van der Waals surface area contributed by atoms with Crippen LogP contribution in [0.3, 0.4) is 0 Å². The molecule has 0 saturated carbocycles. The van der Waals surface area contributed by atoms with Crippen LogP contribution in [-0.2, 0) is 5.75 Å². The summed E-state index contributed by atoms with van der Waals surface area (Å²) in [4.78, 5) is 16.1. The van der Waals surface area contributed by atoms with E-state index < -0.39 is 5.97 Å². The number of aryl methyl sites for hydroxylation is 3. The molecule has 3 nitrogen and oxygen atoms in total. The van der Waals surface area contributed by atoms with E-state index in [4.69, 9.17) is 4.98 Å². The minimum absolute atomic E-state index is 0.356. The third-order valence-electron chi connectivity index (χ3n) is 4.05. The van der Waals surface area contributed by atoms with E-state index in [1.165, 1.54) is 22.1 Å². The molecular formula is C20H19NO2S. The van der Waals surface area contributed by atoms with E-state index in [-0.39, 0.29) is 0 Å². The molecule has 0 atom stereocenters. The molecule has 0 fully saturated rings. The van der Waals surface area contributed by atoms with Gasteiger partial charge in [0, 0.05) is 11.1 Å². The third-order valence-corrected chi connectivity index (χ3v) is 5.02. The molecule has 1 aromatic heterocycles. The maximum absolute atomic E-state index is 11.3. The Hall–Kier alpha value is -2.33. The Bertz CT molecular complexity index is 934. The van der Waals surface area contributed by atoms with E-state index in [9.17, 15) is 9.90 Å². The molecule has 0 aliphatic heterocycles. The Kier molecular flexibility index (Phi) is 4.58. The SMILES string of the molecule is Cc1cc(C)c2nc(SCc3ccccc3C(=O)O)cc(C)c2c1. The number of aromatic nitrogens is 1. The van der Waals surface area contributed by atoms with E-state index in [2.05, 4.69) is 39.0 Å². The van der Waals surface area contributed by atoms with Crippen molar-refractivity contribution in [3.05, 3.63) is 70.3 Å². The van der Waals surface area contributed by atoms with Gasteiger partial charge in [-0.1, -0.05) is 29.8 Å². The summed E-state index contributed by atoms with van der Waals surface area (Å²) in [6.07, 6.45) is 0. The lowest BCUT2D eigenvalue weighted by Crippen LogP contribution is -2.01. The number of fused-ring (bicyclic) bond motifs is 1. The first kappa shape index (κ1) is 16.5. The van der Waals surface area contributed by atoms with Gasteiger partial charge in [-0.05, 0) is 55.7 Å². The summed E-state index contributed by atoms with van der Waals surface area (Å²) < 4.78 is 0. The van der Waals surface area contributed by atoms with Crippen molar-refractivity contribution in [2.24, 2.45) is 0 Å². The molecule has 3 aromatic rings. The monoisotopic (exact) mass is 337 g/mol. The molecule has 1 N–H and O–H groups in total. The molecule has 122 valence electrons. The first-order valence-corrected chi connectivity index (χ1v) is 8.77. The van der Waals surface area contributed by atoms with Crippen LogP contribution in [0.15, 0.2) is 47.5 Å². The summed E-state index contributed by atoms with van der Waals surface area (Å²) in [5.41, 5.74) is 5.79. The highest BCUT2D eigenvalue weighted by Crippen LogP contribution is 2.29. The van der Waals surface area contributed by atoms with E-state index in [0.29, 0.717) is 11.3 Å². The topological polar surface area (TPSA) is 50.2 Å². The first-order valence-electron chi connectivity index (χ1n) is 7.78. The number of aromatic carboxylic acids is 1. The number of thioether (sulfide) groups is 1. The zero-order valence-electron chi connectivity index (χ0n) is 14.0. The van der Waals surface area contributed by atoms with Crippen molar-refractivity contribution in [2.75, 3.05) is 0 Å². The summed E-state index contributed by atoms with van der Waals surface area (Å²) in [5, 5.41) is 11.4. The Balaban J connectivity index is 1.93. The molecule has 4 heteroatoms. The number of nitrogens with zero attached hydrogens (tertiary/aromatic N) is 1. The van der Waals surface area contributed by atoms with Crippen LogP contribution in [0.4, 0.5) is 0 Å². The third kappa shape index (κ3) is 3.29. The number of pyridine rings is 1. The van der Waals surface area contributed by atoms with Crippen molar-refractivity contribution in [1.82, 2.24) is 4.98 Å². The number of carbonyl (C=O) groups is 1. The lowest BCUT2D eigenvalue weighted by Gasteiger charge is -2.10. The molecule has 0 saturated heterocycles. The lowest BCUT2D eigenvalue weighted by molar-refractivity contribution is 0.0696. The van der Waals surface area contributed by atoms with Gasteiger partial charge in [0.15, 0.2) is 0 Å². The van der Waals surface area contributed by atoms with Crippen molar-refractivity contribution in [3.63, 3.8) is 0 Å². The Morgan fingerprint density at radius 3 is 2.58 bits per heavy atom. The van der Waals surface area contributed by atoms with Crippen molar-refractivity contribution >= 4 is 28.6 Å². The second-order valence-corrected chi connectivity index (χ2v) is 7.00. The zero-order chi connectivity index (χ0) is 17.3. The van der Waals surface area contributed by atoms with E-state index in [1.807, 2.05) is 12.1 Å². The first-order chi connectivity index (χ1) is 11.5. The molecular weight excluding hydrogens is 318 g/mol. The van der Waals surface area contributed by atoms with Crippen molar-refractivity contribution < 1.29 is 9.90 Å². The summed E-state index contributed by atoms with van der Waals surface area (Å²) in [6, 6.07) is 13.5. The van der Waals surface area contributed by atoms with Gasteiger partial charge in [-0.25, -0.2) is 9.78 Å². The van der Waals surface area contributed by atoms with Gasteiger partial charge in [0.05, 0.1) is 16.1 Å². The van der Waals surface area contributed by atoms with E-state index in [0.717, 1.165) is 16.1 Å². The van der Waals surface area contributed by atoms with Crippen molar-refractivity contribution in [3.8, 4) is 0 Å². The number of rotatable bonds is 4. The van der Waals surface area contributed by atoms with E-state index >= 15 is 0 Å². The number of benzene rings is 2. The molecule has 0 amide bonds. The number of carboxylic acid groups (broad SMARTS) is 1. The molecule has 24 heavy (non-hydrogen) atoms. The van der Waals surface area contributed by atoms with Gasteiger partial charge < -0.3 is 5.11 Å². The summed E-state index contributed by atoms with van der Waals surface area (Å²) >= 11 is 1.57. The minimum Gasteiger partial charge on any atom is -0.478 e. The Morgan fingerprint density at radius 1 is 1.08 bits per heavy atom. The van der Waals surface area contributed by atoms with Gasteiger partial charge in [-0.2, -0.15) is 0 Å². The standard InChI is InChI=1S/C20H19NO2S/c1-12-8-14(3)19-17(9-12)13(2)10-18(21-19)24-11-15-6-4-5-7-16(15)20(22)23/h4-10H,11H2,1-3H3,(H,22,23). The molecule has 0 aliphatic rings. The normalized spacial score (nSPS) is 11.0. The van der Waals surface area contributed by atoms with Crippen LogP contribution in [-0.4, -0.2) is 16.1 Å². The van der Waals surface area contributed by atoms with Crippen LogP contribution < -0.4 is 0 Å². The largest absolute Gasteiger partial charge is 0.478 e. The van der Waals surface area contributed by atoms with Crippen LogP contribution in [0.1, 0.15) is 32.6 Å². The smallest absolute Gasteiger partial charge is 0.335 e. The summed E-state index contributed by atoms with van der Waals surface area (Å²) in [7, 11) is 0. The van der Waals surface area contributed by atoms with Gasteiger partial charge in [-0.15, -0.1) is 11.8 Å². The Labute approximate surface area is 145 Å². The second kappa shape index (κ2) is 6.65. The predicted octanol–water partition coefficient (Wildman–Crippen LogP) is 5.15. The fourth-order valence-corrected chi connectivity index (χ4v) is 3.87. The molecule has 0 spiro atoms. The highest BCUT2D eigenvalue weighted by Gasteiger charge is 2.11. The minimum atomic E-state index is -0.889. The van der Waals surface area contributed by atoms with Crippen molar-refractivity contribution in [1.29, 1.82) is 0 Å². The number of hydrogen-bond acceptors (Lipinski definition) is 3. The molecule has 3 rings (SSSR count). The van der Waals surface area contributed by atoms with Gasteiger partial charge in [-0.3, -0.25) is 0 Å². The maximum Gasteiger partial charge on any atom is 0.335 e. The molecule has 0 aliphatic carbocycles. The zero-order valence-corrected chi connectivity index (χ0v) is 14.8. The highest BCUT2D eigenvalue weighted by molar-refractivity contribution is 7.98. The highest BCUT2D eigenvalue weighted by atomic mass is 32.2. The van der Waals surface area contributed by atoms with Crippen LogP contribution in [0.25, 0.3) is 10.9 Å². The molecule has 2 aromatic carbocycles. The van der Waals surface area contributed by atoms with Crippen LogP contribution in [0.2, 0.25) is 0 Å². The van der Waals surface area contributed by atoms with Gasteiger partial charge >= 0.3 is 5.97 Å². The van der Waals surface area contributed by atoms with Gasteiger partial charge in [0.2, 0.25) is 0 Å². The van der Waals surface area contributed by atoms with Gasteiger partial charge in [0.25, 0.3) is 0 Å². The summed E-state index contributed by atoms with van der Waals surface area (Å²) in [5.74, 6) is -0.300. The van der Waals surface area contributed by atoms with Crippen LogP contribution in [0.5, 0.6) is 0 Å². The average Bonchev–Trinajstić information content (AvgIpc) is 2.54. The molecule has 0 unspecified atom stereocenters. The molecule has 0 radical (unpaired) electrons. The van der Waals surface area contributed by atoms with Gasteiger partial charge in [0.1, 0.15) is 0 Å². The fourth-order valence-electron chi connectivity index (χ4n) is 2.89. The average molecular weight is 337 g/mol. The maximum atomic E-state index is 11.3. The molecule has 1 heterocycles. The molecule has 0 bridgehead atoms. The second-order valence-electron chi connectivity index (χ2n) is 6.01. The fraction of sp³-hybridized carbons (Fsp3) is 0.200. The predicted molar refractivity (Wildman–Crippen MR) is 98.9 cm³/mol. The lowest BCUT2D eigenvalue weighted by atomic mass is 10.0. The van der Waals surface area contributed by atoms with Crippen molar-refractivity contribution in [2.45, 2.75) is 31.6 Å². The Morgan fingerprint density at radius 2 is 1.83 bits per heavy atom. The quantitative estimate of drug-likeness (QED) is 0.669.